The van der Waals surface area contributed by atoms with E-state index in [1.807, 2.05) is 6.92 Å². The summed E-state index contributed by atoms with van der Waals surface area (Å²) in [6, 6.07) is 3.89. The molecule has 15 heavy (non-hydrogen) atoms. The average molecular weight is 211 g/mol. The van der Waals surface area contributed by atoms with Gasteiger partial charge in [0.05, 0.1) is 11.0 Å². The van der Waals surface area contributed by atoms with Gasteiger partial charge in [-0.2, -0.15) is 0 Å². The van der Waals surface area contributed by atoms with Crippen LogP contribution in [0.4, 0.5) is 11.4 Å². The molecule has 4 N–H and O–H groups in total. The summed E-state index contributed by atoms with van der Waals surface area (Å²) in [7, 11) is 0. The molecule has 0 fully saturated rings. The molecule has 0 aromatic heterocycles. The third-order valence-corrected chi connectivity index (χ3v) is 1.93. The van der Waals surface area contributed by atoms with Crippen LogP contribution in [0.25, 0.3) is 0 Å². The smallest absolute Gasteiger partial charge is 0.296 e. The normalized spacial score (nSPS) is 12.1. The Morgan fingerprint density at radius 3 is 2.87 bits per heavy atom. The third kappa shape index (κ3) is 2.81. The van der Waals surface area contributed by atoms with E-state index in [2.05, 4.69) is 5.32 Å². The Kier molecular flexibility index (Phi) is 3.46. The maximum Gasteiger partial charge on any atom is 0.296 e. The van der Waals surface area contributed by atoms with Crippen molar-refractivity contribution in [2.24, 2.45) is 5.73 Å². The lowest BCUT2D eigenvalue weighted by molar-refractivity contribution is -0.384. The first-order valence-electron chi connectivity index (χ1n) is 4.48. The summed E-state index contributed by atoms with van der Waals surface area (Å²) in [6.45, 7) is 2.19. The van der Waals surface area contributed by atoms with Crippen molar-refractivity contribution in [3.63, 3.8) is 0 Å². The van der Waals surface area contributed by atoms with Crippen LogP contribution in [0, 0.1) is 10.1 Å². The predicted molar refractivity (Wildman–Crippen MR) is 56.9 cm³/mol. The van der Waals surface area contributed by atoms with Gasteiger partial charge in [0.25, 0.3) is 5.69 Å². The SMILES string of the molecule is CC(CN)Nc1ccc(O)cc1[N+](=O)[O-]. The fraction of sp³-hybridized carbons (Fsp3) is 0.333. The van der Waals surface area contributed by atoms with Crippen LogP contribution in [-0.4, -0.2) is 22.6 Å². The maximum atomic E-state index is 10.7. The highest BCUT2D eigenvalue weighted by molar-refractivity contribution is 5.64. The Morgan fingerprint density at radius 2 is 2.33 bits per heavy atom. The highest BCUT2D eigenvalue weighted by Crippen LogP contribution is 2.28. The number of nitrogens with two attached hydrogens (primary N) is 1. The lowest BCUT2D eigenvalue weighted by Gasteiger charge is -2.12. The zero-order valence-electron chi connectivity index (χ0n) is 8.30. The van der Waals surface area contributed by atoms with Gasteiger partial charge in [-0.1, -0.05) is 0 Å². The van der Waals surface area contributed by atoms with Crippen LogP contribution in [0.15, 0.2) is 18.2 Å². The predicted octanol–water partition coefficient (Wildman–Crippen LogP) is 1.06. The minimum Gasteiger partial charge on any atom is -0.508 e. The molecule has 6 heteroatoms. The average Bonchev–Trinajstić information content (AvgIpc) is 2.20. The number of nitro groups is 1. The molecule has 0 aliphatic heterocycles. The van der Waals surface area contributed by atoms with Crippen LogP contribution in [-0.2, 0) is 0 Å². The molecule has 0 saturated carbocycles. The van der Waals surface area contributed by atoms with Crippen LogP contribution in [0.2, 0.25) is 0 Å². The van der Waals surface area contributed by atoms with Gasteiger partial charge in [0.2, 0.25) is 0 Å². The minimum atomic E-state index is -0.550. The number of nitro benzene ring substituents is 1. The second-order valence-electron chi connectivity index (χ2n) is 3.24. The summed E-state index contributed by atoms with van der Waals surface area (Å²) in [5, 5.41) is 22.7. The van der Waals surface area contributed by atoms with Crippen LogP contribution >= 0.6 is 0 Å². The molecule has 0 aliphatic carbocycles. The molecule has 0 amide bonds. The van der Waals surface area contributed by atoms with E-state index in [1.165, 1.54) is 12.1 Å². The van der Waals surface area contributed by atoms with Crippen molar-refractivity contribution < 1.29 is 10.0 Å². The second kappa shape index (κ2) is 4.61. The highest BCUT2D eigenvalue weighted by Gasteiger charge is 2.15. The number of phenolic OH excluding ortho intramolecular Hbond substituents is 1. The molecule has 1 rings (SSSR count). The third-order valence-electron chi connectivity index (χ3n) is 1.93. The van der Waals surface area contributed by atoms with Crippen LogP contribution < -0.4 is 11.1 Å². The van der Waals surface area contributed by atoms with Gasteiger partial charge < -0.3 is 16.2 Å². The maximum absolute atomic E-state index is 10.7. The molecule has 0 radical (unpaired) electrons. The first kappa shape index (κ1) is 11.3. The standard InChI is InChI=1S/C9H13N3O3/c1-6(5-10)11-8-3-2-7(13)4-9(8)12(14)15/h2-4,6,11,13H,5,10H2,1H3. The fourth-order valence-electron chi connectivity index (χ4n) is 1.12. The van der Waals surface area contributed by atoms with Crippen molar-refractivity contribution in [3.8, 4) is 5.75 Å². The van der Waals surface area contributed by atoms with Gasteiger partial charge in [-0.25, -0.2) is 0 Å². The summed E-state index contributed by atoms with van der Waals surface area (Å²) in [5.74, 6) is -0.132. The number of benzene rings is 1. The van der Waals surface area contributed by atoms with E-state index in [-0.39, 0.29) is 17.5 Å². The van der Waals surface area contributed by atoms with Crippen molar-refractivity contribution in [1.82, 2.24) is 0 Å². The van der Waals surface area contributed by atoms with Gasteiger partial charge >= 0.3 is 0 Å². The van der Waals surface area contributed by atoms with E-state index in [1.54, 1.807) is 0 Å². The van der Waals surface area contributed by atoms with E-state index >= 15 is 0 Å². The number of nitrogens with zero attached hydrogens (tertiary/aromatic N) is 1. The molecule has 6 nitrogen and oxygen atoms in total. The number of hydrogen-bond donors (Lipinski definition) is 3. The molecule has 1 aromatic carbocycles. The van der Waals surface area contributed by atoms with Gasteiger partial charge in [-0.3, -0.25) is 10.1 Å². The molecule has 0 heterocycles. The Bertz CT molecular complexity index is 368. The van der Waals surface area contributed by atoms with Crippen molar-refractivity contribution >= 4 is 11.4 Å². The summed E-state index contributed by atoms with van der Waals surface area (Å²) in [4.78, 5) is 10.1. The number of nitrogens with one attached hydrogen (secondary N) is 1. The van der Waals surface area contributed by atoms with Gasteiger partial charge in [0, 0.05) is 12.6 Å². The zero-order chi connectivity index (χ0) is 11.4. The zero-order valence-corrected chi connectivity index (χ0v) is 8.30. The quantitative estimate of drug-likeness (QED) is 0.392. The molecule has 0 aliphatic rings. The summed E-state index contributed by atoms with van der Waals surface area (Å²) in [5.41, 5.74) is 5.59. The van der Waals surface area contributed by atoms with Crippen LogP contribution in [0.3, 0.4) is 0 Å². The van der Waals surface area contributed by atoms with Crippen molar-refractivity contribution in [2.75, 3.05) is 11.9 Å². The topological polar surface area (TPSA) is 101 Å². The molecule has 1 unspecified atom stereocenters. The molecular weight excluding hydrogens is 198 g/mol. The summed E-state index contributed by atoms with van der Waals surface area (Å²) in [6.07, 6.45) is 0. The Morgan fingerprint density at radius 1 is 1.67 bits per heavy atom. The number of anilines is 1. The molecular formula is C9H13N3O3. The molecule has 0 bridgehead atoms. The highest BCUT2D eigenvalue weighted by atomic mass is 16.6. The Labute approximate surface area is 86.9 Å². The minimum absolute atomic E-state index is 0.0618. The first-order valence-corrected chi connectivity index (χ1v) is 4.48. The molecule has 82 valence electrons. The monoisotopic (exact) mass is 211 g/mol. The van der Waals surface area contributed by atoms with E-state index in [4.69, 9.17) is 10.8 Å². The number of aromatic hydroxyl groups is 1. The largest absolute Gasteiger partial charge is 0.508 e. The van der Waals surface area contributed by atoms with Crippen molar-refractivity contribution in [1.29, 1.82) is 0 Å². The van der Waals surface area contributed by atoms with E-state index in [0.717, 1.165) is 6.07 Å². The van der Waals surface area contributed by atoms with Gasteiger partial charge in [-0.05, 0) is 19.1 Å². The van der Waals surface area contributed by atoms with E-state index in [9.17, 15) is 10.1 Å². The van der Waals surface area contributed by atoms with Crippen LogP contribution in [0.1, 0.15) is 6.92 Å². The second-order valence-corrected chi connectivity index (χ2v) is 3.24. The Hall–Kier alpha value is -1.82. The van der Waals surface area contributed by atoms with Gasteiger partial charge in [0.15, 0.2) is 0 Å². The van der Waals surface area contributed by atoms with Gasteiger partial charge in [-0.15, -0.1) is 0 Å². The summed E-state index contributed by atoms with van der Waals surface area (Å²) >= 11 is 0. The van der Waals surface area contributed by atoms with Crippen molar-refractivity contribution in [2.45, 2.75) is 13.0 Å². The molecule has 1 aromatic rings. The number of phenols is 1. The van der Waals surface area contributed by atoms with Crippen molar-refractivity contribution in [3.05, 3.63) is 28.3 Å². The van der Waals surface area contributed by atoms with Crippen LogP contribution in [0.5, 0.6) is 5.75 Å². The Balaban J connectivity index is 3.01. The lowest BCUT2D eigenvalue weighted by Crippen LogP contribution is -2.25. The first-order chi connectivity index (χ1) is 7.04. The summed E-state index contributed by atoms with van der Waals surface area (Å²) < 4.78 is 0. The molecule has 0 spiro atoms. The fourth-order valence-corrected chi connectivity index (χ4v) is 1.12. The van der Waals surface area contributed by atoms with E-state index in [0.29, 0.717) is 12.2 Å². The molecule has 0 saturated heterocycles. The lowest BCUT2D eigenvalue weighted by atomic mass is 10.2. The number of hydrogen-bond acceptors (Lipinski definition) is 5. The van der Waals surface area contributed by atoms with Gasteiger partial charge in [0.1, 0.15) is 11.4 Å². The van der Waals surface area contributed by atoms with E-state index < -0.39 is 4.92 Å². The number of rotatable bonds is 4. The molecule has 1 atom stereocenters.